The average Bonchev–Trinajstić information content (AvgIpc) is 1.83. The van der Waals surface area contributed by atoms with E-state index in [9.17, 15) is 0 Å². The van der Waals surface area contributed by atoms with Gasteiger partial charge < -0.3 is 11.1 Å². The van der Waals surface area contributed by atoms with Crippen LogP contribution >= 0.6 is 0 Å². The van der Waals surface area contributed by atoms with Crippen LogP contribution < -0.4 is 11.1 Å². The molecule has 0 aliphatic heterocycles. The topological polar surface area (TPSA) is 50.4 Å². The predicted octanol–water partition coefficient (Wildman–Crippen LogP) is 0.0541. The molecule has 0 radical (unpaired) electrons. The van der Waals surface area contributed by atoms with Gasteiger partial charge in [0.2, 0.25) is 0 Å². The normalized spacial score (nSPS) is 12.5. The van der Waals surface area contributed by atoms with Crippen molar-refractivity contribution in [2.75, 3.05) is 7.05 Å². The number of hydrogen-bond acceptors (Lipinski definition) is 2. The summed E-state index contributed by atoms with van der Waals surface area (Å²) in [5, 5.41) is 2.83. The summed E-state index contributed by atoms with van der Waals surface area (Å²) in [6.45, 7) is 1.86. The molecule has 0 aromatic heterocycles. The van der Waals surface area contributed by atoms with E-state index in [0.29, 0.717) is 0 Å². The van der Waals surface area contributed by atoms with Gasteiger partial charge in [0, 0.05) is 19.4 Å². The molecule has 3 heteroatoms. The molecule has 0 saturated carbocycles. The highest BCUT2D eigenvalue weighted by Crippen LogP contribution is 1.65. The molecule has 0 aromatic rings. The lowest BCUT2D eigenvalue weighted by Gasteiger charge is -1.93. The zero-order valence-corrected chi connectivity index (χ0v) is 5.18. The maximum atomic E-state index is 5.03. The Bertz CT molecular complexity index is 104. The number of nitrogens with one attached hydrogen (secondary N) is 1. The van der Waals surface area contributed by atoms with Crippen molar-refractivity contribution in [3.8, 4) is 0 Å². The van der Waals surface area contributed by atoms with Crippen molar-refractivity contribution in [3.63, 3.8) is 0 Å². The molecule has 0 unspecified atom stereocenters. The lowest BCUT2D eigenvalue weighted by molar-refractivity contribution is 1.20. The predicted molar refractivity (Wildman–Crippen MR) is 35.5 cm³/mol. The molecular formula is C5H11N3. The molecule has 0 amide bonds. The molecule has 0 rings (SSSR count). The number of hydrogen-bond donors (Lipinski definition) is 2. The number of nitrogens with two attached hydrogens (primary N) is 1. The van der Waals surface area contributed by atoms with Crippen LogP contribution in [-0.2, 0) is 0 Å². The third-order valence-electron chi connectivity index (χ3n) is 0.724. The fraction of sp³-hybridized carbons (Fsp3) is 0.400. The lowest BCUT2D eigenvalue weighted by atomic mass is 10.6. The van der Waals surface area contributed by atoms with Gasteiger partial charge in [-0.2, -0.15) is 0 Å². The van der Waals surface area contributed by atoms with Gasteiger partial charge >= 0.3 is 0 Å². The van der Waals surface area contributed by atoms with Gasteiger partial charge in [0.1, 0.15) is 0 Å². The van der Waals surface area contributed by atoms with Crippen molar-refractivity contribution in [1.29, 1.82) is 0 Å². The molecule has 0 bridgehead atoms. The van der Waals surface area contributed by atoms with Crippen LogP contribution in [0.1, 0.15) is 6.92 Å². The van der Waals surface area contributed by atoms with Gasteiger partial charge in [-0.05, 0) is 6.92 Å². The van der Waals surface area contributed by atoms with E-state index in [0.717, 1.165) is 5.84 Å². The zero-order chi connectivity index (χ0) is 6.41. The lowest BCUT2D eigenvalue weighted by Crippen LogP contribution is -2.12. The molecule has 0 aliphatic carbocycles. The summed E-state index contributed by atoms with van der Waals surface area (Å²) >= 11 is 0. The molecule has 3 nitrogen and oxygen atoms in total. The number of nitrogens with zero attached hydrogens (tertiary/aromatic N) is 1. The van der Waals surface area contributed by atoms with Crippen molar-refractivity contribution in [2.24, 2.45) is 10.7 Å². The monoisotopic (exact) mass is 113 g/mol. The molecule has 46 valence electrons. The van der Waals surface area contributed by atoms with E-state index in [1.165, 1.54) is 6.20 Å². The molecule has 8 heavy (non-hydrogen) atoms. The first kappa shape index (κ1) is 7.01. The Balaban J connectivity index is 3.40. The largest absolute Gasteiger partial charge is 0.403 e. The molecule has 0 aliphatic rings. The zero-order valence-electron chi connectivity index (χ0n) is 5.18. The van der Waals surface area contributed by atoms with Crippen LogP contribution in [0.2, 0.25) is 0 Å². The van der Waals surface area contributed by atoms with E-state index < -0.39 is 0 Å². The van der Waals surface area contributed by atoms with E-state index in [1.807, 2.05) is 6.92 Å². The van der Waals surface area contributed by atoms with Crippen LogP contribution in [0.3, 0.4) is 0 Å². The highest BCUT2D eigenvalue weighted by Gasteiger charge is 1.75. The number of rotatable bonds is 1. The second kappa shape index (κ2) is 4.18. The second-order valence-electron chi connectivity index (χ2n) is 1.31. The minimum absolute atomic E-state index is 0.853. The molecule has 0 aromatic carbocycles. The first-order chi connectivity index (χ1) is 3.81. The average molecular weight is 113 g/mol. The Hall–Kier alpha value is -0.990. The summed E-state index contributed by atoms with van der Waals surface area (Å²) in [4.78, 5) is 3.82. The maximum absolute atomic E-state index is 5.03. The molecule has 0 atom stereocenters. The van der Waals surface area contributed by atoms with Gasteiger partial charge in [0.25, 0.3) is 0 Å². The van der Waals surface area contributed by atoms with Crippen molar-refractivity contribution in [1.82, 2.24) is 5.32 Å². The van der Waals surface area contributed by atoms with E-state index in [-0.39, 0.29) is 0 Å². The number of aliphatic imine (C=N–C) groups is 1. The van der Waals surface area contributed by atoms with Gasteiger partial charge in [-0.25, -0.2) is 0 Å². The first-order valence-electron chi connectivity index (χ1n) is 2.38. The molecule has 0 fully saturated rings. The van der Waals surface area contributed by atoms with E-state index in [2.05, 4.69) is 10.3 Å². The molecular weight excluding hydrogens is 102 g/mol. The molecule has 3 N–H and O–H groups in total. The molecule has 0 heterocycles. The van der Waals surface area contributed by atoms with E-state index in [4.69, 9.17) is 5.73 Å². The van der Waals surface area contributed by atoms with Gasteiger partial charge in [0.15, 0.2) is 0 Å². The second-order valence-corrected chi connectivity index (χ2v) is 1.31. The van der Waals surface area contributed by atoms with Gasteiger partial charge in [0.05, 0.1) is 5.84 Å². The summed E-state index contributed by atoms with van der Waals surface area (Å²) in [5.41, 5.74) is 5.03. The van der Waals surface area contributed by atoms with Crippen LogP contribution in [0.25, 0.3) is 0 Å². The highest BCUT2D eigenvalue weighted by atomic mass is 15.0. The smallest absolute Gasteiger partial charge is 0.0967 e. The van der Waals surface area contributed by atoms with Gasteiger partial charge in [-0.1, -0.05) is 0 Å². The van der Waals surface area contributed by atoms with Crippen molar-refractivity contribution >= 4 is 5.84 Å². The summed E-state index contributed by atoms with van der Waals surface area (Å²) in [6.07, 6.45) is 3.05. The minimum Gasteiger partial charge on any atom is -0.403 e. The first-order valence-corrected chi connectivity index (χ1v) is 2.38. The summed E-state index contributed by atoms with van der Waals surface area (Å²) < 4.78 is 0. The standard InChI is InChI=1S/C5H11N3/c1-5(7-2)8-4-3-6/h3-4H,6H2,1-2H3,(H,7,8)/b4-3-. The third kappa shape index (κ3) is 3.21. The summed E-state index contributed by atoms with van der Waals surface area (Å²) in [5.74, 6) is 0.853. The van der Waals surface area contributed by atoms with Crippen molar-refractivity contribution in [2.45, 2.75) is 6.92 Å². The SMILES string of the molecule is CN=C(C)N/C=C\N. The van der Waals surface area contributed by atoms with Crippen molar-refractivity contribution in [3.05, 3.63) is 12.4 Å². The maximum Gasteiger partial charge on any atom is 0.0967 e. The van der Waals surface area contributed by atoms with Crippen LogP contribution in [0.4, 0.5) is 0 Å². The van der Waals surface area contributed by atoms with Crippen LogP contribution in [0.5, 0.6) is 0 Å². The Morgan fingerprint density at radius 2 is 2.38 bits per heavy atom. The van der Waals surface area contributed by atoms with Crippen LogP contribution in [-0.4, -0.2) is 12.9 Å². The highest BCUT2D eigenvalue weighted by molar-refractivity contribution is 5.80. The summed E-state index contributed by atoms with van der Waals surface area (Å²) in [6, 6.07) is 0. The third-order valence-corrected chi connectivity index (χ3v) is 0.724. The molecule has 0 saturated heterocycles. The van der Waals surface area contributed by atoms with Gasteiger partial charge in [-0.3, -0.25) is 4.99 Å². The fourth-order valence-corrected chi connectivity index (χ4v) is 0.233. The minimum atomic E-state index is 0.853. The number of amidine groups is 1. The van der Waals surface area contributed by atoms with E-state index >= 15 is 0 Å². The Morgan fingerprint density at radius 3 is 2.75 bits per heavy atom. The fourth-order valence-electron chi connectivity index (χ4n) is 0.233. The van der Waals surface area contributed by atoms with E-state index in [1.54, 1.807) is 13.2 Å². The summed E-state index contributed by atoms with van der Waals surface area (Å²) in [7, 11) is 1.71. The van der Waals surface area contributed by atoms with Gasteiger partial charge in [-0.15, -0.1) is 0 Å². The molecule has 0 spiro atoms. The Labute approximate surface area is 49.3 Å². The Kier molecular flexibility index (Phi) is 3.66. The van der Waals surface area contributed by atoms with Crippen LogP contribution in [0.15, 0.2) is 17.4 Å². The Morgan fingerprint density at radius 1 is 1.75 bits per heavy atom. The van der Waals surface area contributed by atoms with Crippen molar-refractivity contribution < 1.29 is 0 Å². The van der Waals surface area contributed by atoms with Crippen LogP contribution in [0, 0.1) is 0 Å². The quantitative estimate of drug-likeness (QED) is 0.373.